The standard InChI is InChI=1S/C26H29F3N6OS/c1-16-13-30-11-9-25(16,37)34-22-8-4-7-20-21(22)12-19(33-23(20)17(2)26(27,28)29)6-5-10-31-24(36)18-14-32-35(3)15-18/h4-8,12,14-16,30,34,37H,2,9-11,13H2,1,3H3,(H,31,36)/b6-5+/t16-,25-/m0/s1. The number of hydrogen-bond donors (Lipinski definition) is 4. The molecule has 1 aliphatic rings. The van der Waals surface area contributed by atoms with Crippen molar-refractivity contribution < 1.29 is 18.0 Å². The van der Waals surface area contributed by atoms with Crippen LogP contribution >= 0.6 is 12.6 Å². The topological polar surface area (TPSA) is 83.9 Å². The Labute approximate surface area is 218 Å². The molecule has 1 aromatic carbocycles. The number of nitrogens with one attached hydrogen (secondary N) is 3. The van der Waals surface area contributed by atoms with Crippen LogP contribution in [0.15, 0.2) is 49.3 Å². The molecule has 1 saturated heterocycles. The molecule has 11 heteroatoms. The molecular weight excluding hydrogens is 501 g/mol. The van der Waals surface area contributed by atoms with Gasteiger partial charge < -0.3 is 16.0 Å². The average molecular weight is 531 g/mol. The van der Waals surface area contributed by atoms with Gasteiger partial charge in [-0.15, -0.1) is 0 Å². The monoisotopic (exact) mass is 530 g/mol. The van der Waals surface area contributed by atoms with E-state index < -0.39 is 16.6 Å². The Morgan fingerprint density at radius 1 is 1.38 bits per heavy atom. The molecule has 1 aliphatic heterocycles. The second kappa shape index (κ2) is 10.6. The molecule has 7 nitrogen and oxygen atoms in total. The van der Waals surface area contributed by atoms with Crippen LogP contribution in [0.1, 0.15) is 35.1 Å². The van der Waals surface area contributed by atoms with Gasteiger partial charge in [0.1, 0.15) is 0 Å². The van der Waals surface area contributed by atoms with E-state index in [0.717, 1.165) is 19.5 Å². The summed E-state index contributed by atoms with van der Waals surface area (Å²) >= 11 is 4.92. The normalized spacial score (nSPS) is 20.3. The molecular formula is C26H29F3N6OS. The summed E-state index contributed by atoms with van der Waals surface area (Å²) in [5.74, 6) is -0.133. The minimum Gasteiger partial charge on any atom is -0.370 e. The van der Waals surface area contributed by atoms with E-state index >= 15 is 0 Å². The van der Waals surface area contributed by atoms with Crippen molar-refractivity contribution in [3.05, 3.63) is 66.3 Å². The first-order chi connectivity index (χ1) is 17.5. The van der Waals surface area contributed by atoms with Crippen molar-refractivity contribution >= 4 is 46.6 Å². The molecule has 4 rings (SSSR count). The maximum Gasteiger partial charge on any atom is 0.417 e. The van der Waals surface area contributed by atoms with Gasteiger partial charge in [0.25, 0.3) is 5.91 Å². The van der Waals surface area contributed by atoms with E-state index in [2.05, 4.69) is 39.5 Å². The van der Waals surface area contributed by atoms with Crippen LogP contribution in [0.4, 0.5) is 18.9 Å². The summed E-state index contributed by atoms with van der Waals surface area (Å²) in [6.07, 6.45) is 2.35. The second-order valence-electron chi connectivity index (χ2n) is 9.19. The number of piperidine rings is 1. The van der Waals surface area contributed by atoms with Gasteiger partial charge in [0, 0.05) is 48.7 Å². The number of anilines is 1. The minimum atomic E-state index is -4.64. The predicted octanol–water partition coefficient (Wildman–Crippen LogP) is 4.65. The average Bonchev–Trinajstić information content (AvgIpc) is 3.29. The van der Waals surface area contributed by atoms with Gasteiger partial charge in [-0.2, -0.15) is 30.9 Å². The maximum absolute atomic E-state index is 13.7. The van der Waals surface area contributed by atoms with E-state index in [1.54, 1.807) is 43.6 Å². The third-order valence-electron chi connectivity index (χ3n) is 6.46. The van der Waals surface area contributed by atoms with E-state index in [9.17, 15) is 18.0 Å². The number of alkyl halides is 3. The number of pyridine rings is 1. The van der Waals surface area contributed by atoms with Crippen molar-refractivity contribution in [1.82, 2.24) is 25.4 Å². The zero-order valence-electron chi connectivity index (χ0n) is 20.6. The molecule has 0 radical (unpaired) electrons. The fraction of sp³-hybridized carbons (Fsp3) is 0.346. The lowest BCUT2D eigenvalue weighted by molar-refractivity contribution is -0.0688. The fourth-order valence-corrected chi connectivity index (χ4v) is 4.58. The van der Waals surface area contributed by atoms with Crippen LogP contribution in [-0.4, -0.2) is 51.4 Å². The molecule has 196 valence electrons. The lowest BCUT2D eigenvalue weighted by Crippen LogP contribution is -2.50. The maximum atomic E-state index is 13.7. The number of rotatable bonds is 7. The van der Waals surface area contributed by atoms with Gasteiger partial charge in [-0.25, -0.2) is 4.98 Å². The Morgan fingerprint density at radius 3 is 2.84 bits per heavy atom. The Kier molecular flexibility index (Phi) is 7.65. The highest BCUT2D eigenvalue weighted by molar-refractivity contribution is 7.82. The van der Waals surface area contributed by atoms with E-state index in [4.69, 9.17) is 12.6 Å². The second-order valence-corrected chi connectivity index (χ2v) is 9.99. The molecule has 0 spiro atoms. The van der Waals surface area contributed by atoms with Gasteiger partial charge >= 0.3 is 6.18 Å². The summed E-state index contributed by atoms with van der Waals surface area (Å²) in [6, 6.07) is 6.87. The van der Waals surface area contributed by atoms with Crippen LogP contribution < -0.4 is 16.0 Å². The van der Waals surface area contributed by atoms with E-state index in [0.29, 0.717) is 27.7 Å². The summed E-state index contributed by atoms with van der Waals surface area (Å²) in [5, 5.41) is 14.4. The molecule has 3 heterocycles. The van der Waals surface area contributed by atoms with Crippen molar-refractivity contribution in [2.24, 2.45) is 13.0 Å². The molecule has 1 amide bonds. The van der Waals surface area contributed by atoms with Crippen molar-refractivity contribution in [2.75, 3.05) is 25.0 Å². The number of benzene rings is 1. The summed E-state index contributed by atoms with van der Waals surface area (Å²) in [5.41, 5.74) is 0.126. The zero-order valence-corrected chi connectivity index (χ0v) is 21.5. The smallest absolute Gasteiger partial charge is 0.370 e. The van der Waals surface area contributed by atoms with Crippen LogP contribution in [0.3, 0.4) is 0 Å². The summed E-state index contributed by atoms with van der Waals surface area (Å²) < 4.78 is 42.6. The highest BCUT2D eigenvalue weighted by Gasteiger charge is 2.37. The largest absolute Gasteiger partial charge is 0.417 e. The third kappa shape index (κ3) is 5.99. The molecule has 0 aliphatic carbocycles. The first-order valence-corrected chi connectivity index (χ1v) is 12.3. The number of aromatic nitrogens is 3. The van der Waals surface area contributed by atoms with E-state index in [1.807, 2.05) is 6.07 Å². The molecule has 0 unspecified atom stereocenters. The molecule has 3 aromatic rings. The van der Waals surface area contributed by atoms with Gasteiger partial charge in [-0.1, -0.05) is 31.7 Å². The molecule has 0 bridgehead atoms. The summed E-state index contributed by atoms with van der Waals surface area (Å²) in [7, 11) is 1.71. The van der Waals surface area contributed by atoms with Gasteiger partial charge in [-0.3, -0.25) is 9.48 Å². The third-order valence-corrected chi connectivity index (χ3v) is 7.23. The zero-order chi connectivity index (χ0) is 26.8. The number of fused-ring (bicyclic) bond motifs is 1. The first kappa shape index (κ1) is 26.7. The molecule has 0 saturated carbocycles. The first-order valence-electron chi connectivity index (χ1n) is 11.8. The number of amides is 1. The number of carbonyl (C=O) groups excluding carboxylic acids is 1. The van der Waals surface area contributed by atoms with Crippen LogP contribution in [0, 0.1) is 5.92 Å². The number of carbonyl (C=O) groups is 1. The number of thiol groups is 1. The molecule has 37 heavy (non-hydrogen) atoms. The Bertz CT molecular complexity index is 1350. The quantitative estimate of drug-likeness (QED) is 0.264. The van der Waals surface area contributed by atoms with Crippen LogP contribution in [0.25, 0.3) is 22.4 Å². The highest BCUT2D eigenvalue weighted by atomic mass is 32.1. The molecule has 3 N–H and O–H groups in total. The van der Waals surface area contributed by atoms with Crippen molar-refractivity contribution in [1.29, 1.82) is 0 Å². The van der Waals surface area contributed by atoms with Gasteiger partial charge in [0.05, 0.1) is 33.6 Å². The number of allylic oxidation sites excluding steroid dienone is 1. The Balaban J connectivity index is 1.67. The van der Waals surface area contributed by atoms with Crippen molar-refractivity contribution in [2.45, 2.75) is 24.4 Å². The Morgan fingerprint density at radius 2 is 2.16 bits per heavy atom. The molecule has 2 atom stereocenters. The van der Waals surface area contributed by atoms with Crippen LogP contribution in [0.5, 0.6) is 0 Å². The lowest BCUT2D eigenvalue weighted by Gasteiger charge is -2.40. The van der Waals surface area contributed by atoms with Crippen molar-refractivity contribution in [3.8, 4) is 0 Å². The predicted molar refractivity (Wildman–Crippen MR) is 143 cm³/mol. The van der Waals surface area contributed by atoms with Gasteiger partial charge in [0.2, 0.25) is 0 Å². The number of nitrogens with zero attached hydrogens (tertiary/aromatic N) is 3. The van der Waals surface area contributed by atoms with Crippen LogP contribution in [0.2, 0.25) is 0 Å². The van der Waals surface area contributed by atoms with Gasteiger partial charge in [0.15, 0.2) is 0 Å². The lowest BCUT2D eigenvalue weighted by atomic mass is 9.93. The fourth-order valence-electron chi connectivity index (χ4n) is 4.26. The van der Waals surface area contributed by atoms with Crippen LogP contribution in [-0.2, 0) is 7.05 Å². The molecule has 1 fully saturated rings. The summed E-state index contributed by atoms with van der Waals surface area (Å²) in [6.45, 7) is 7.08. The number of hydrogen-bond acceptors (Lipinski definition) is 6. The number of halogens is 3. The SMILES string of the molecule is C=C(c1nc(/C=C/CNC(=O)c2cnn(C)c2)cc2c(N[C@]3(S)CCNC[C@@H]3C)cccc12)C(F)(F)F. The minimum absolute atomic E-state index is 0.160. The Hall–Kier alpha value is -3.31. The van der Waals surface area contributed by atoms with E-state index in [1.165, 1.54) is 10.9 Å². The number of aryl methyl sites for hydroxylation is 1. The highest BCUT2D eigenvalue weighted by Crippen LogP contribution is 2.39. The summed E-state index contributed by atoms with van der Waals surface area (Å²) in [4.78, 5) is 16.0. The molecule has 2 aromatic heterocycles. The van der Waals surface area contributed by atoms with Gasteiger partial charge in [-0.05, 0) is 31.2 Å². The van der Waals surface area contributed by atoms with Crippen molar-refractivity contribution in [3.63, 3.8) is 0 Å². The van der Waals surface area contributed by atoms with E-state index in [-0.39, 0.29) is 24.1 Å².